The summed E-state index contributed by atoms with van der Waals surface area (Å²) in [6.45, 7) is 2.60. The average Bonchev–Trinajstić information content (AvgIpc) is 2.88. The first-order chi connectivity index (χ1) is 16.5. The van der Waals surface area contributed by atoms with Crippen LogP contribution in [0, 0.1) is 0 Å². The van der Waals surface area contributed by atoms with Crippen molar-refractivity contribution in [1.82, 2.24) is 4.90 Å². The molecule has 1 heterocycles. The summed E-state index contributed by atoms with van der Waals surface area (Å²) in [6.07, 6.45) is 3.46. The maximum absolute atomic E-state index is 12.5. The third kappa shape index (κ3) is 5.77. The molecule has 1 saturated heterocycles. The highest BCUT2D eigenvalue weighted by atomic mass is 35.5. The molecule has 0 atom stereocenters. The Bertz CT molecular complexity index is 1170. The minimum absolute atomic E-state index is 0.00573. The molecule has 0 bridgehead atoms. The van der Waals surface area contributed by atoms with E-state index in [4.69, 9.17) is 16.3 Å². The molecule has 0 aromatic heterocycles. The van der Waals surface area contributed by atoms with Crippen LogP contribution >= 0.6 is 11.6 Å². The zero-order valence-corrected chi connectivity index (χ0v) is 19.7. The lowest BCUT2D eigenvalue weighted by atomic mass is 10.2. The molecule has 34 heavy (non-hydrogen) atoms. The first-order valence-corrected chi connectivity index (χ1v) is 11.4. The lowest BCUT2D eigenvalue weighted by molar-refractivity contribution is -0.126. The highest BCUT2D eigenvalue weighted by molar-refractivity contribution is 6.33. The molecule has 1 aliphatic heterocycles. The number of hydrogen-bond acceptors (Lipinski definition) is 4. The van der Waals surface area contributed by atoms with Crippen molar-refractivity contribution in [3.63, 3.8) is 0 Å². The fraction of sp³-hybridized carbons (Fsp3) is 0.185. The molecule has 1 fully saturated rings. The number of halogens is 1. The van der Waals surface area contributed by atoms with Crippen molar-refractivity contribution < 1.29 is 14.3 Å². The number of nitrogens with zero attached hydrogens (tertiary/aromatic N) is 2. The van der Waals surface area contributed by atoms with Gasteiger partial charge in [-0.15, -0.1) is 0 Å². The van der Waals surface area contributed by atoms with Gasteiger partial charge in [-0.1, -0.05) is 41.9 Å². The highest BCUT2D eigenvalue weighted by Gasteiger charge is 2.21. The minimum Gasteiger partial charge on any atom is -0.497 e. The van der Waals surface area contributed by atoms with E-state index >= 15 is 0 Å². The van der Waals surface area contributed by atoms with Gasteiger partial charge in [-0.2, -0.15) is 0 Å². The van der Waals surface area contributed by atoms with Crippen molar-refractivity contribution >= 4 is 40.9 Å². The van der Waals surface area contributed by atoms with Crippen molar-refractivity contribution in [2.75, 3.05) is 43.5 Å². The Balaban J connectivity index is 1.33. The number of hydrogen-bond donors (Lipinski definition) is 1. The molecule has 7 heteroatoms. The molecule has 6 nitrogen and oxygen atoms in total. The molecule has 0 spiro atoms. The molecule has 1 N–H and O–H groups in total. The smallest absolute Gasteiger partial charge is 0.255 e. The summed E-state index contributed by atoms with van der Waals surface area (Å²) >= 11 is 6.55. The first kappa shape index (κ1) is 23.4. The maximum atomic E-state index is 12.5. The van der Waals surface area contributed by atoms with Gasteiger partial charge >= 0.3 is 0 Å². The maximum Gasteiger partial charge on any atom is 0.255 e. The third-order valence-electron chi connectivity index (χ3n) is 5.71. The van der Waals surface area contributed by atoms with Crippen molar-refractivity contribution in [1.29, 1.82) is 0 Å². The number of nitrogens with one attached hydrogen (secondary N) is 1. The van der Waals surface area contributed by atoms with Crippen LogP contribution in [0.1, 0.15) is 15.9 Å². The minimum atomic E-state index is -0.220. The fourth-order valence-electron chi connectivity index (χ4n) is 3.79. The van der Waals surface area contributed by atoms with Gasteiger partial charge in [0.25, 0.3) is 5.91 Å². The molecular weight excluding hydrogens is 450 g/mol. The predicted molar refractivity (Wildman–Crippen MR) is 137 cm³/mol. The lowest BCUT2D eigenvalue weighted by Gasteiger charge is -2.36. The molecule has 3 aromatic carbocycles. The normalized spacial score (nSPS) is 13.7. The van der Waals surface area contributed by atoms with E-state index in [1.807, 2.05) is 53.4 Å². The summed E-state index contributed by atoms with van der Waals surface area (Å²) in [7, 11) is 1.58. The standard InChI is InChI=1S/C27H26ClN3O3/c1-34-23-11-8-21(9-12-23)27(33)29-22-10-13-25(24(28)19-22)30-15-17-31(18-16-30)26(32)14-7-20-5-3-2-4-6-20/h2-14,19H,15-18H2,1H3,(H,29,33)/b14-7+. The van der Waals surface area contributed by atoms with E-state index in [9.17, 15) is 9.59 Å². The molecule has 1 aliphatic rings. The summed E-state index contributed by atoms with van der Waals surface area (Å²) in [5.74, 6) is 0.478. The second-order valence-corrected chi connectivity index (χ2v) is 8.31. The van der Waals surface area contributed by atoms with Gasteiger partial charge in [-0.3, -0.25) is 9.59 Å². The van der Waals surface area contributed by atoms with E-state index < -0.39 is 0 Å². The second kappa shape index (κ2) is 10.9. The van der Waals surface area contributed by atoms with Crippen LogP contribution in [-0.4, -0.2) is 50.0 Å². The van der Waals surface area contributed by atoms with Crippen molar-refractivity contribution in [2.45, 2.75) is 0 Å². The molecule has 0 aliphatic carbocycles. The van der Waals surface area contributed by atoms with Crippen LogP contribution in [0.25, 0.3) is 6.08 Å². The van der Waals surface area contributed by atoms with E-state index in [-0.39, 0.29) is 11.8 Å². The number of amides is 2. The Kier molecular flexibility index (Phi) is 7.50. The number of carbonyl (C=O) groups excluding carboxylic acids is 2. The van der Waals surface area contributed by atoms with Crippen molar-refractivity contribution in [3.05, 3.63) is 95.0 Å². The lowest BCUT2D eigenvalue weighted by Crippen LogP contribution is -2.48. The van der Waals surface area contributed by atoms with Gasteiger partial charge in [0.2, 0.25) is 5.91 Å². The van der Waals surface area contributed by atoms with Crippen LogP contribution in [0.4, 0.5) is 11.4 Å². The Morgan fingerprint density at radius 2 is 1.65 bits per heavy atom. The van der Waals surface area contributed by atoms with Crippen LogP contribution in [0.2, 0.25) is 5.02 Å². The van der Waals surface area contributed by atoms with Gasteiger partial charge in [0.15, 0.2) is 0 Å². The quantitative estimate of drug-likeness (QED) is 0.512. The van der Waals surface area contributed by atoms with Crippen LogP contribution in [-0.2, 0) is 4.79 Å². The number of benzene rings is 3. The van der Waals surface area contributed by atoms with Gasteiger partial charge in [-0.25, -0.2) is 0 Å². The SMILES string of the molecule is COc1ccc(C(=O)Nc2ccc(N3CCN(C(=O)/C=C/c4ccccc4)CC3)c(Cl)c2)cc1. The predicted octanol–water partition coefficient (Wildman–Crippen LogP) is 4.96. The largest absolute Gasteiger partial charge is 0.497 e. The van der Waals surface area contributed by atoms with Crippen LogP contribution in [0.3, 0.4) is 0 Å². The van der Waals surface area contributed by atoms with Gasteiger partial charge in [-0.05, 0) is 54.1 Å². The van der Waals surface area contributed by atoms with E-state index in [1.165, 1.54) is 0 Å². The van der Waals surface area contributed by atoms with Gasteiger partial charge in [0, 0.05) is 43.5 Å². The summed E-state index contributed by atoms with van der Waals surface area (Å²) in [6, 6.07) is 22.2. The highest BCUT2D eigenvalue weighted by Crippen LogP contribution is 2.30. The summed E-state index contributed by atoms with van der Waals surface area (Å²) in [4.78, 5) is 29.0. The summed E-state index contributed by atoms with van der Waals surface area (Å²) in [5.41, 5.74) is 3.04. The van der Waals surface area contributed by atoms with Gasteiger partial charge < -0.3 is 19.9 Å². The third-order valence-corrected chi connectivity index (χ3v) is 6.01. The van der Waals surface area contributed by atoms with Crippen LogP contribution in [0.5, 0.6) is 5.75 Å². The second-order valence-electron chi connectivity index (χ2n) is 7.91. The molecule has 4 rings (SSSR count). The Morgan fingerprint density at radius 3 is 2.29 bits per heavy atom. The van der Waals surface area contributed by atoms with E-state index in [0.29, 0.717) is 48.2 Å². The van der Waals surface area contributed by atoms with Crippen LogP contribution in [0.15, 0.2) is 78.9 Å². The van der Waals surface area contributed by atoms with Gasteiger partial charge in [0.05, 0.1) is 17.8 Å². The van der Waals surface area contributed by atoms with Gasteiger partial charge in [0.1, 0.15) is 5.75 Å². The van der Waals surface area contributed by atoms with Crippen molar-refractivity contribution in [2.24, 2.45) is 0 Å². The molecule has 0 saturated carbocycles. The average molecular weight is 476 g/mol. The number of carbonyl (C=O) groups is 2. The number of ether oxygens (including phenoxy) is 1. The monoisotopic (exact) mass is 475 g/mol. The fourth-order valence-corrected chi connectivity index (χ4v) is 4.09. The van der Waals surface area contributed by atoms with E-state index in [1.54, 1.807) is 43.5 Å². The van der Waals surface area contributed by atoms with Crippen molar-refractivity contribution in [3.8, 4) is 5.75 Å². The molecule has 0 radical (unpaired) electrons. The molecule has 3 aromatic rings. The number of rotatable bonds is 6. The summed E-state index contributed by atoms with van der Waals surface area (Å²) in [5, 5.41) is 3.43. The van der Waals surface area contributed by atoms with Crippen LogP contribution < -0.4 is 15.0 Å². The first-order valence-electron chi connectivity index (χ1n) is 11.1. The van der Waals surface area contributed by atoms with E-state index in [0.717, 1.165) is 11.3 Å². The van der Waals surface area contributed by atoms with E-state index in [2.05, 4.69) is 10.2 Å². The Hall–Kier alpha value is -3.77. The molecule has 2 amide bonds. The molecule has 174 valence electrons. The number of piperazine rings is 1. The summed E-state index contributed by atoms with van der Waals surface area (Å²) < 4.78 is 5.13. The Morgan fingerprint density at radius 1 is 0.941 bits per heavy atom. The zero-order chi connectivity index (χ0) is 23.9. The molecular formula is C27H26ClN3O3. The Labute approximate surface area is 204 Å². The molecule has 0 unspecified atom stereocenters. The number of anilines is 2. The number of methoxy groups -OCH3 is 1. The topological polar surface area (TPSA) is 61.9 Å². The zero-order valence-electron chi connectivity index (χ0n) is 18.9.